The summed E-state index contributed by atoms with van der Waals surface area (Å²) in [6.45, 7) is 25.1. The molecule has 0 aromatic rings. The molecule has 246 valence electrons. The zero-order valence-electron chi connectivity index (χ0n) is 29.4. The van der Waals surface area contributed by atoms with Crippen molar-refractivity contribution >= 4 is 36.6 Å². The van der Waals surface area contributed by atoms with Gasteiger partial charge in [-0.15, -0.1) is 0 Å². The van der Waals surface area contributed by atoms with Gasteiger partial charge in [-0.25, -0.2) is 0 Å². The van der Waals surface area contributed by atoms with Gasteiger partial charge in [-0.3, -0.25) is 4.79 Å². The predicted octanol–water partition coefficient (Wildman–Crippen LogP) is 10.1. The largest absolute Gasteiger partial charge is 0.520 e. The van der Waals surface area contributed by atoms with Gasteiger partial charge in [0.25, 0.3) is 5.97 Å². The molecular weight excluding hydrogens is 575 g/mol. The van der Waals surface area contributed by atoms with Crippen LogP contribution < -0.4 is 0 Å². The van der Waals surface area contributed by atoms with Gasteiger partial charge in [-0.1, -0.05) is 50.4 Å². The highest BCUT2D eigenvalue weighted by Crippen LogP contribution is 2.43. The first-order valence-electron chi connectivity index (χ1n) is 16.9. The topological polar surface area (TPSA) is 66.4 Å². The van der Waals surface area contributed by atoms with E-state index in [9.17, 15) is 4.79 Å². The number of allylic oxidation sites excluding steroid dienone is 2. The van der Waals surface area contributed by atoms with E-state index in [1.165, 1.54) is 25.0 Å². The highest BCUT2D eigenvalue weighted by atomic mass is 28.4. The van der Waals surface area contributed by atoms with Gasteiger partial charge in [0.1, 0.15) is 6.61 Å². The van der Waals surface area contributed by atoms with Crippen molar-refractivity contribution in [2.75, 3.05) is 6.61 Å². The number of unbranched alkanes of at least 4 members (excludes halogenated alkanes) is 4. The van der Waals surface area contributed by atoms with Gasteiger partial charge in [0, 0.05) is 6.42 Å². The molecule has 0 aliphatic heterocycles. The summed E-state index contributed by atoms with van der Waals surface area (Å²) in [5.74, 6) is 0.800. The fourth-order valence-electron chi connectivity index (χ4n) is 5.64. The zero-order valence-corrected chi connectivity index (χ0v) is 32.4. The molecule has 0 saturated heterocycles. The van der Waals surface area contributed by atoms with E-state index in [1.807, 2.05) is 0 Å². The number of hydrogen-bond acceptors (Lipinski definition) is 6. The monoisotopic (exact) mass is 641 g/mol. The van der Waals surface area contributed by atoms with Crippen LogP contribution in [0.4, 0.5) is 0 Å². The molecule has 0 aromatic heterocycles. The molecule has 0 spiro atoms. The summed E-state index contributed by atoms with van der Waals surface area (Å²) in [4.78, 5) is 17.9. The van der Waals surface area contributed by atoms with Crippen LogP contribution in [0.3, 0.4) is 0 Å². The van der Waals surface area contributed by atoms with Gasteiger partial charge in [-0.2, -0.15) is 0 Å². The third-order valence-corrected chi connectivity index (χ3v) is 10.2. The molecule has 1 rings (SSSR count). The Morgan fingerprint density at radius 2 is 1.36 bits per heavy atom. The van der Waals surface area contributed by atoms with E-state index in [1.54, 1.807) is 0 Å². The molecule has 1 fully saturated rings. The van der Waals surface area contributed by atoms with Crippen LogP contribution in [0.5, 0.6) is 0 Å². The third-order valence-electron chi connectivity index (χ3n) is 7.34. The molecule has 0 heterocycles. The van der Waals surface area contributed by atoms with Crippen molar-refractivity contribution in [3.05, 3.63) is 12.2 Å². The van der Waals surface area contributed by atoms with Crippen molar-refractivity contribution in [1.82, 2.24) is 0 Å². The molecule has 0 radical (unpaired) electrons. The van der Waals surface area contributed by atoms with E-state index >= 15 is 0 Å². The van der Waals surface area contributed by atoms with Crippen molar-refractivity contribution in [2.45, 2.75) is 168 Å². The maximum Gasteiger partial charge on any atom is 0.292 e. The summed E-state index contributed by atoms with van der Waals surface area (Å²) in [5, 5.41) is 4.64. The molecule has 9 heteroatoms. The second-order valence-corrected chi connectivity index (χ2v) is 28.5. The molecule has 0 unspecified atom stereocenters. The Balaban J connectivity index is 3.03. The minimum Gasteiger partial charge on any atom is -0.520 e. The predicted molar refractivity (Wildman–Crippen MR) is 187 cm³/mol. The first-order valence-corrected chi connectivity index (χ1v) is 27.2. The van der Waals surface area contributed by atoms with E-state index in [-0.39, 0.29) is 18.2 Å². The van der Waals surface area contributed by atoms with Crippen LogP contribution >= 0.6 is 0 Å². The van der Waals surface area contributed by atoms with Crippen LogP contribution in [0.2, 0.25) is 58.9 Å². The number of hydrogen-bond donors (Lipinski definition) is 0. The van der Waals surface area contributed by atoms with Gasteiger partial charge in [0.05, 0.1) is 17.9 Å². The molecule has 0 aromatic carbocycles. The number of rotatable bonds is 22. The summed E-state index contributed by atoms with van der Waals surface area (Å²) in [7, 11) is -5.27. The molecule has 1 aliphatic carbocycles. The molecule has 1 saturated carbocycles. The summed E-state index contributed by atoms with van der Waals surface area (Å²) >= 11 is 0. The maximum absolute atomic E-state index is 12.1. The standard InChI is InChI=1S/C33H67NO5Si3/c1-12-14-18-21-28(34-36-26-15-13-2)24-25-30-29(22-19-16-17-20-23-33(35)39-42(9,10)11)31(37-40(3,4)5)27-32(30)38-41(6,7)8/h16,19,29-32H,12-15,17-18,20-27H2,1-11H3/b19-16-,34-28-/t29-,30-,31+,32-/m1/s1. The lowest BCUT2D eigenvalue weighted by atomic mass is 9.86. The smallest absolute Gasteiger partial charge is 0.292 e. The Labute approximate surface area is 263 Å². The lowest BCUT2D eigenvalue weighted by Crippen LogP contribution is -2.35. The van der Waals surface area contributed by atoms with Gasteiger partial charge in [0.15, 0.2) is 16.6 Å². The van der Waals surface area contributed by atoms with Gasteiger partial charge in [0.2, 0.25) is 8.32 Å². The Hall–Kier alpha value is -0.749. The van der Waals surface area contributed by atoms with Gasteiger partial charge < -0.3 is 18.1 Å². The quantitative estimate of drug-likeness (QED) is 0.0387. The second kappa shape index (κ2) is 19.6. The van der Waals surface area contributed by atoms with Crippen LogP contribution in [0, 0.1) is 11.8 Å². The van der Waals surface area contributed by atoms with Gasteiger partial charge >= 0.3 is 0 Å². The van der Waals surface area contributed by atoms with E-state index in [0.717, 1.165) is 57.8 Å². The van der Waals surface area contributed by atoms with Crippen LogP contribution in [0.15, 0.2) is 17.3 Å². The molecular formula is C33H67NO5Si3. The minimum atomic E-state index is -1.81. The van der Waals surface area contributed by atoms with Crippen LogP contribution in [-0.2, 0) is 22.9 Å². The number of oxime groups is 1. The summed E-state index contributed by atoms with van der Waals surface area (Å²) in [6.07, 6.45) is 18.1. The number of carbonyl (C=O) groups excluding carboxylic acids is 1. The molecule has 1 aliphatic rings. The van der Waals surface area contributed by atoms with E-state index in [4.69, 9.17) is 18.1 Å². The summed E-state index contributed by atoms with van der Waals surface area (Å²) in [5.41, 5.74) is 1.21. The maximum atomic E-state index is 12.1. The zero-order chi connectivity index (χ0) is 31.8. The summed E-state index contributed by atoms with van der Waals surface area (Å²) < 4.78 is 19.3. The SMILES string of the molecule is CCCCC/C(CC[C@@H]1[C@@H](C/C=C\CCCC(=O)O[Si](C)(C)C)[C@@H](O[Si](C)(C)C)C[C@H]1O[Si](C)(C)C)=N/OCCCC. The van der Waals surface area contributed by atoms with Crippen molar-refractivity contribution in [1.29, 1.82) is 0 Å². The highest BCUT2D eigenvalue weighted by Gasteiger charge is 2.46. The van der Waals surface area contributed by atoms with Crippen LogP contribution in [-0.4, -0.2) is 55.4 Å². The molecule has 42 heavy (non-hydrogen) atoms. The molecule has 0 amide bonds. The summed E-state index contributed by atoms with van der Waals surface area (Å²) in [6, 6.07) is 0. The average molecular weight is 642 g/mol. The molecule has 6 nitrogen and oxygen atoms in total. The van der Waals surface area contributed by atoms with E-state index in [0.29, 0.717) is 24.9 Å². The Morgan fingerprint density at radius 1 is 0.738 bits per heavy atom. The van der Waals surface area contributed by atoms with Crippen molar-refractivity contribution in [2.24, 2.45) is 17.0 Å². The van der Waals surface area contributed by atoms with Crippen molar-refractivity contribution in [3.8, 4) is 0 Å². The van der Waals surface area contributed by atoms with Gasteiger partial charge in [-0.05, 0) is 129 Å². The Kier molecular flexibility index (Phi) is 18.3. The van der Waals surface area contributed by atoms with Crippen molar-refractivity contribution in [3.63, 3.8) is 0 Å². The Bertz CT molecular complexity index is 814. The minimum absolute atomic E-state index is 0.0524. The third kappa shape index (κ3) is 18.8. The first kappa shape index (κ1) is 39.3. The lowest BCUT2D eigenvalue weighted by molar-refractivity contribution is -0.135. The average Bonchev–Trinajstić information content (AvgIpc) is 3.13. The fraction of sp³-hybridized carbons (Fsp3) is 0.879. The number of nitrogens with zero attached hydrogens (tertiary/aromatic N) is 1. The lowest BCUT2D eigenvalue weighted by Gasteiger charge is -2.31. The Morgan fingerprint density at radius 3 is 1.93 bits per heavy atom. The fourth-order valence-corrected chi connectivity index (χ4v) is 8.78. The molecule has 0 N–H and O–H groups in total. The first-order chi connectivity index (χ1) is 19.5. The van der Waals surface area contributed by atoms with Crippen molar-refractivity contribution < 1.29 is 22.9 Å². The highest BCUT2D eigenvalue weighted by molar-refractivity contribution is 6.71. The van der Waals surface area contributed by atoms with Crippen LogP contribution in [0.25, 0.3) is 0 Å². The second-order valence-electron chi connectivity index (χ2n) is 15.1. The van der Waals surface area contributed by atoms with E-state index in [2.05, 4.69) is 90.1 Å². The van der Waals surface area contributed by atoms with E-state index < -0.39 is 25.0 Å². The molecule has 4 atom stereocenters. The number of carbonyl (C=O) groups is 1. The normalized spacial score (nSPS) is 22.2. The van der Waals surface area contributed by atoms with Crippen LogP contribution in [0.1, 0.15) is 97.3 Å². The molecule has 0 bridgehead atoms.